The summed E-state index contributed by atoms with van der Waals surface area (Å²) >= 11 is 0. The van der Waals surface area contributed by atoms with Crippen LogP contribution in [-0.4, -0.2) is 40.8 Å². The molecule has 184 valence electrons. The van der Waals surface area contributed by atoms with Gasteiger partial charge in [-0.3, -0.25) is 4.79 Å². The molecular formula is C28H32N2O5. The van der Waals surface area contributed by atoms with Crippen LogP contribution in [0.2, 0.25) is 0 Å². The molecule has 1 atom stereocenters. The molecule has 2 aromatic rings. The minimum absolute atomic E-state index is 0.0363. The molecule has 3 N–H and O–H groups in total. The van der Waals surface area contributed by atoms with E-state index in [0.29, 0.717) is 12.8 Å². The van der Waals surface area contributed by atoms with Crippen molar-refractivity contribution in [3.05, 3.63) is 59.7 Å². The fraction of sp³-hybridized carbons (Fsp3) is 0.464. The van der Waals surface area contributed by atoms with E-state index in [9.17, 15) is 19.5 Å². The van der Waals surface area contributed by atoms with E-state index in [-0.39, 0.29) is 30.8 Å². The Labute approximate surface area is 205 Å². The molecule has 35 heavy (non-hydrogen) atoms. The van der Waals surface area contributed by atoms with E-state index in [0.717, 1.165) is 47.9 Å². The maximum atomic E-state index is 12.9. The molecule has 0 radical (unpaired) electrons. The molecule has 0 aromatic heterocycles. The summed E-state index contributed by atoms with van der Waals surface area (Å²) in [7, 11) is 0. The second-order valence-electron chi connectivity index (χ2n) is 10.4. The Bertz CT molecular complexity index is 1110. The zero-order valence-corrected chi connectivity index (χ0v) is 20.0. The van der Waals surface area contributed by atoms with Crippen molar-refractivity contribution in [2.75, 3.05) is 6.61 Å². The van der Waals surface area contributed by atoms with Crippen LogP contribution in [0.5, 0.6) is 0 Å². The lowest BCUT2D eigenvalue weighted by atomic mass is 9.90. The monoisotopic (exact) mass is 476 g/mol. The molecule has 0 spiro atoms. The number of carbonyl (C=O) groups excluding carboxylic acids is 2. The average Bonchev–Trinajstić information content (AvgIpc) is 3.53. The summed E-state index contributed by atoms with van der Waals surface area (Å²) in [6.07, 6.45) is 4.23. The fourth-order valence-electron chi connectivity index (χ4n) is 5.88. The molecule has 0 heterocycles. The zero-order chi connectivity index (χ0) is 24.6. The predicted molar refractivity (Wildman–Crippen MR) is 131 cm³/mol. The molecule has 3 aliphatic rings. The number of fused-ring (bicyclic) bond motifs is 3. The van der Waals surface area contributed by atoms with Gasteiger partial charge in [-0.2, -0.15) is 0 Å². The van der Waals surface area contributed by atoms with Crippen molar-refractivity contribution < 1.29 is 24.2 Å². The van der Waals surface area contributed by atoms with Crippen molar-refractivity contribution in [3.63, 3.8) is 0 Å². The molecule has 7 nitrogen and oxygen atoms in total. The molecule has 0 aliphatic heterocycles. The number of hydrogen-bond donors (Lipinski definition) is 3. The molecule has 0 bridgehead atoms. The molecule has 7 heteroatoms. The third-order valence-electron chi connectivity index (χ3n) is 8.01. The minimum Gasteiger partial charge on any atom is -0.480 e. The summed E-state index contributed by atoms with van der Waals surface area (Å²) in [5, 5.41) is 15.4. The van der Waals surface area contributed by atoms with Crippen LogP contribution in [0.1, 0.15) is 68.9 Å². The summed E-state index contributed by atoms with van der Waals surface area (Å²) in [5.74, 6) is -1.44. The number of rotatable bonds is 8. The number of alkyl carbamates (subject to hydrolysis) is 1. The van der Waals surface area contributed by atoms with Gasteiger partial charge >= 0.3 is 12.1 Å². The number of amides is 2. The molecule has 0 saturated heterocycles. The Balaban J connectivity index is 1.24. The summed E-state index contributed by atoms with van der Waals surface area (Å²) < 4.78 is 5.72. The third kappa shape index (κ3) is 4.51. The Morgan fingerprint density at radius 3 is 2.11 bits per heavy atom. The SMILES string of the molecule is CC(NC(=O)CC1(NC(=O)OCC2c3ccccc3-c3ccccc32)CCCC1)(C(=O)O)C1CC1. The highest BCUT2D eigenvalue weighted by molar-refractivity contribution is 5.88. The van der Waals surface area contributed by atoms with Crippen LogP contribution < -0.4 is 10.6 Å². The fourth-order valence-corrected chi connectivity index (χ4v) is 5.88. The van der Waals surface area contributed by atoms with Crippen molar-refractivity contribution in [1.29, 1.82) is 0 Å². The van der Waals surface area contributed by atoms with Crippen LogP contribution in [-0.2, 0) is 14.3 Å². The Kier molecular flexibility index (Phi) is 6.03. The zero-order valence-electron chi connectivity index (χ0n) is 20.0. The number of carbonyl (C=O) groups is 3. The number of nitrogens with one attached hydrogen (secondary N) is 2. The Morgan fingerprint density at radius 2 is 1.57 bits per heavy atom. The van der Waals surface area contributed by atoms with E-state index in [1.807, 2.05) is 24.3 Å². The van der Waals surface area contributed by atoms with Crippen LogP contribution in [0, 0.1) is 5.92 Å². The largest absolute Gasteiger partial charge is 0.480 e. The topological polar surface area (TPSA) is 105 Å². The van der Waals surface area contributed by atoms with Gasteiger partial charge in [0, 0.05) is 12.3 Å². The van der Waals surface area contributed by atoms with E-state index in [4.69, 9.17) is 4.74 Å². The molecule has 2 saturated carbocycles. The highest BCUT2D eigenvalue weighted by Gasteiger charge is 2.49. The van der Waals surface area contributed by atoms with Crippen molar-refractivity contribution in [2.45, 2.75) is 68.9 Å². The van der Waals surface area contributed by atoms with Gasteiger partial charge in [-0.25, -0.2) is 9.59 Å². The lowest BCUT2D eigenvalue weighted by Gasteiger charge is -2.32. The first-order valence-electron chi connectivity index (χ1n) is 12.5. The van der Waals surface area contributed by atoms with Crippen LogP contribution in [0.3, 0.4) is 0 Å². The second-order valence-corrected chi connectivity index (χ2v) is 10.4. The van der Waals surface area contributed by atoms with Gasteiger partial charge in [0.05, 0.1) is 5.54 Å². The molecule has 1 unspecified atom stereocenters. The van der Waals surface area contributed by atoms with Gasteiger partial charge in [-0.05, 0) is 60.8 Å². The van der Waals surface area contributed by atoms with E-state index in [1.54, 1.807) is 6.92 Å². The van der Waals surface area contributed by atoms with Gasteiger partial charge in [0.15, 0.2) is 0 Å². The Morgan fingerprint density at radius 1 is 1.00 bits per heavy atom. The molecule has 5 rings (SSSR count). The van der Waals surface area contributed by atoms with Crippen molar-refractivity contribution >= 4 is 18.0 Å². The van der Waals surface area contributed by atoms with Gasteiger partial charge in [0.25, 0.3) is 0 Å². The van der Waals surface area contributed by atoms with Crippen LogP contribution in [0.25, 0.3) is 11.1 Å². The number of aliphatic carboxylic acids is 1. The number of carboxylic acid groups (broad SMARTS) is 1. The number of benzene rings is 2. The van der Waals surface area contributed by atoms with Crippen LogP contribution >= 0.6 is 0 Å². The van der Waals surface area contributed by atoms with Gasteiger partial charge in [-0.15, -0.1) is 0 Å². The molecule has 2 fully saturated rings. The maximum Gasteiger partial charge on any atom is 0.407 e. The lowest BCUT2D eigenvalue weighted by Crippen LogP contribution is -2.57. The van der Waals surface area contributed by atoms with E-state index < -0.39 is 23.1 Å². The summed E-state index contributed by atoms with van der Waals surface area (Å²) in [4.78, 5) is 37.6. The van der Waals surface area contributed by atoms with E-state index >= 15 is 0 Å². The molecule has 3 aliphatic carbocycles. The molecular weight excluding hydrogens is 444 g/mol. The quantitative estimate of drug-likeness (QED) is 0.517. The van der Waals surface area contributed by atoms with Gasteiger partial charge in [-0.1, -0.05) is 61.4 Å². The van der Waals surface area contributed by atoms with Gasteiger partial charge in [0.1, 0.15) is 12.1 Å². The van der Waals surface area contributed by atoms with E-state index in [1.165, 1.54) is 0 Å². The minimum atomic E-state index is -1.26. The number of hydrogen-bond acceptors (Lipinski definition) is 4. The Hall–Kier alpha value is -3.35. The predicted octanol–water partition coefficient (Wildman–Crippen LogP) is 4.60. The highest BCUT2D eigenvalue weighted by atomic mass is 16.5. The van der Waals surface area contributed by atoms with Gasteiger partial charge < -0.3 is 20.5 Å². The average molecular weight is 477 g/mol. The lowest BCUT2D eigenvalue weighted by molar-refractivity contribution is -0.148. The number of ether oxygens (including phenoxy) is 1. The second kappa shape index (κ2) is 9.02. The third-order valence-corrected chi connectivity index (χ3v) is 8.01. The standard InChI is InChI=1S/C28H32N2O5/c1-27(25(32)33,18-12-13-18)29-24(31)16-28(14-6-7-15-28)30-26(34)35-17-23-21-10-4-2-8-19(21)20-9-3-5-11-22(20)23/h2-5,8-11,18,23H,6-7,12-17H2,1H3,(H,29,31)(H,30,34)(H,32,33). The maximum absolute atomic E-state index is 12.9. The highest BCUT2D eigenvalue weighted by Crippen LogP contribution is 2.44. The van der Waals surface area contributed by atoms with Crippen molar-refractivity contribution in [1.82, 2.24) is 10.6 Å². The molecule has 2 amide bonds. The molecule has 2 aromatic carbocycles. The normalized spacial score (nSPS) is 19.8. The number of carboxylic acids is 1. The summed E-state index contributed by atoms with van der Waals surface area (Å²) in [6, 6.07) is 16.3. The summed E-state index contributed by atoms with van der Waals surface area (Å²) in [5.41, 5.74) is 2.64. The van der Waals surface area contributed by atoms with Crippen molar-refractivity contribution in [2.24, 2.45) is 5.92 Å². The van der Waals surface area contributed by atoms with E-state index in [2.05, 4.69) is 34.9 Å². The first-order chi connectivity index (χ1) is 16.8. The smallest absolute Gasteiger partial charge is 0.407 e. The first kappa shape index (κ1) is 23.4. The van der Waals surface area contributed by atoms with Crippen LogP contribution in [0.15, 0.2) is 48.5 Å². The van der Waals surface area contributed by atoms with Crippen molar-refractivity contribution in [3.8, 4) is 11.1 Å². The van der Waals surface area contributed by atoms with Crippen LogP contribution in [0.4, 0.5) is 4.79 Å². The van der Waals surface area contributed by atoms with Gasteiger partial charge in [0.2, 0.25) is 5.91 Å². The first-order valence-corrected chi connectivity index (χ1v) is 12.5. The summed E-state index contributed by atoms with van der Waals surface area (Å²) in [6.45, 7) is 1.78.